The Morgan fingerprint density at radius 1 is 1.10 bits per heavy atom. The van der Waals surface area contributed by atoms with Gasteiger partial charge in [-0.1, -0.05) is 12.1 Å². The monoisotopic (exact) mass is 273 g/mol. The molecule has 0 saturated carbocycles. The first-order valence-electron chi connectivity index (χ1n) is 6.75. The van der Waals surface area contributed by atoms with Crippen molar-refractivity contribution >= 4 is 0 Å². The number of hydrogen-bond donors (Lipinski definition) is 1. The van der Waals surface area contributed by atoms with E-state index in [-0.39, 0.29) is 11.9 Å². The topological polar surface area (TPSA) is 35.2 Å². The number of ether oxygens (including phenoxy) is 1. The molecule has 2 aromatic carbocycles. The van der Waals surface area contributed by atoms with Crippen LogP contribution in [0.3, 0.4) is 0 Å². The molecular weight excluding hydrogens is 253 g/mol. The van der Waals surface area contributed by atoms with Gasteiger partial charge in [0, 0.05) is 6.04 Å². The van der Waals surface area contributed by atoms with E-state index in [9.17, 15) is 4.39 Å². The van der Waals surface area contributed by atoms with Gasteiger partial charge in [0.15, 0.2) is 0 Å². The summed E-state index contributed by atoms with van der Waals surface area (Å²) in [4.78, 5) is 0. The first kappa shape index (κ1) is 14.5. The highest BCUT2D eigenvalue weighted by Gasteiger charge is 2.06. The molecule has 0 saturated heterocycles. The van der Waals surface area contributed by atoms with Crippen LogP contribution in [0.25, 0.3) is 0 Å². The molecule has 0 bridgehead atoms. The van der Waals surface area contributed by atoms with E-state index in [1.807, 2.05) is 26.0 Å². The second-order valence-electron chi connectivity index (χ2n) is 5.29. The third kappa shape index (κ3) is 3.58. The van der Waals surface area contributed by atoms with Crippen molar-refractivity contribution in [1.82, 2.24) is 0 Å². The second-order valence-corrected chi connectivity index (χ2v) is 5.29. The highest BCUT2D eigenvalue weighted by molar-refractivity contribution is 5.40. The van der Waals surface area contributed by atoms with Crippen LogP contribution in [0.4, 0.5) is 4.39 Å². The SMILES string of the molecule is Cc1cc(Oc2ccc(CC(C)N)cc2C)ccc1F. The van der Waals surface area contributed by atoms with Crippen LogP contribution >= 0.6 is 0 Å². The van der Waals surface area contributed by atoms with Crippen molar-refractivity contribution in [3.63, 3.8) is 0 Å². The Hall–Kier alpha value is -1.87. The predicted octanol–water partition coefficient (Wildman–Crippen LogP) is 4.12. The number of aryl methyl sites for hydroxylation is 2. The lowest BCUT2D eigenvalue weighted by molar-refractivity contribution is 0.475. The van der Waals surface area contributed by atoms with Crippen LogP contribution in [-0.2, 0) is 6.42 Å². The molecule has 0 aliphatic carbocycles. The van der Waals surface area contributed by atoms with E-state index in [1.165, 1.54) is 11.6 Å². The first-order valence-corrected chi connectivity index (χ1v) is 6.75. The zero-order valence-corrected chi connectivity index (χ0v) is 12.1. The van der Waals surface area contributed by atoms with E-state index >= 15 is 0 Å². The van der Waals surface area contributed by atoms with Crippen molar-refractivity contribution in [3.05, 3.63) is 58.9 Å². The van der Waals surface area contributed by atoms with Crippen molar-refractivity contribution in [3.8, 4) is 11.5 Å². The van der Waals surface area contributed by atoms with Crippen LogP contribution in [0.1, 0.15) is 23.6 Å². The zero-order chi connectivity index (χ0) is 14.7. The van der Waals surface area contributed by atoms with Gasteiger partial charge in [-0.25, -0.2) is 4.39 Å². The predicted molar refractivity (Wildman–Crippen MR) is 79.7 cm³/mol. The fourth-order valence-electron chi connectivity index (χ4n) is 2.13. The molecule has 2 nitrogen and oxygen atoms in total. The maximum Gasteiger partial charge on any atom is 0.130 e. The van der Waals surface area contributed by atoms with Gasteiger partial charge < -0.3 is 10.5 Å². The van der Waals surface area contributed by atoms with Crippen LogP contribution < -0.4 is 10.5 Å². The Kier molecular flexibility index (Phi) is 4.40. The molecular formula is C17H20FNO. The number of rotatable bonds is 4. The average Bonchev–Trinajstić information content (AvgIpc) is 2.36. The van der Waals surface area contributed by atoms with E-state index < -0.39 is 0 Å². The molecule has 20 heavy (non-hydrogen) atoms. The lowest BCUT2D eigenvalue weighted by atomic mass is 10.0. The van der Waals surface area contributed by atoms with Gasteiger partial charge in [0.2, 0.25) is 0 Å². The third-order valence-electron chi connectivity index (χ3n) is 3.15. The van der Waals surface area contributed by atoms with Crippen LogP contribution in [0.5, 0.6) is 11.5 Å². The Balaban J connectivity index is 2.19. The van der Waals surface area contributed by atoms with E-state index in [0.717, 1.165) is 17.7 Å². The molecule has 1 atom stereocenters. The van der Waals surface area contributed by atoms with Crippen molar-refractivity contribution in [1.29, 1.82) is 0 Å². The van der Waals surface area contributed by atoms with Gasteiger partial charge in [-0.15, -0.1) is 0 Å². The summed E-state index contributed by atoms with van der Waals surface area (Å²) in [5, 5.41) is 0. The normalized spacial score (nSPS) is 12.2. The fraction of sp³-hybridized carbons (Fsp3) is 0.294. The third-order valence-corrected chi connectivity index (χ3v) is 3.15. The van der Waals surface area contributed by atoms with Crippen LogP contribution in [0.15, 0.2) is 36.4 Å². The number of hydrogen-bond acceptors (Lipinski definition) is 2. The van der Waals surface area contributed by atoms with E-state index in [4.69, 9.17) is 10.5 Å². The minimum Gasteiger partial charge on any atom is -0.457 e. The van der Waals surface area contributed by atoms with E-state index in [2.05, 4.69) is 6.07 Å². The van der Waals surface area contributed by atoms with Crippen LogP contribution in [0.2, 0.25) is 0 Å². The largest absolute Gasteiger partial charge is 0.457 e. The molecule has 2 N–H and O–H groups in total. The molecule has 0 heterocycles. The van der Waals surface area contributed by atoms with Crippen molar-refractivity contribution < 1.29 is 9.13 Å². The summed E-state index contributed by atoms with van der Waals surface area (Å²) < 4.78 is 19.0. The van der Waals surface area contributed by atoms with E-state index in [0.29, 0.717) is 11.3 Å². The van der Waals surface area contributed by atoms with Gasteiger partial charge in [-0.3, -0.25) is 0 Å². The minimum absolute atomic E-state index is 0.140. The summed E-state index contributed by atoms with van der Waals surface area (Å²) in [6.45, 7) is 5.71. The molecule has 0 aliphatic rings. The Morgan fingerprint density at radius 3 is 2.45 bits per heavy atom. The molecule has 2 aromatic rings. The Labute approximate surface area is 119 Å². The molecule has 0 amide bonds. The minimum atomic E-state index is -0.221. The number of benzene rings is 2. The molecule has 106 valence electrons. The van der Waals surface area contributed by atoms with Gasteiger partial charge in [0.05, 0.1) is 0 Å². The van der Waals surface area contributed by atoms with Crippen LogP contribution in [0, 0.1) is 19.7 Å². The lowest BCUT2D eigenvalue weighted by Gasteiger charge is -2.12. The summed E-state index contributed by atoms with van der Waals surface area (Å²) >= 11 is 0. The quantitative estimate of drug-likeness (QED) is 0.909. The average molecular weight is 273 g/mol. The number of halogens is 1. The standard InChI is InChI=1S/C17H20FNO/c1-11-9-15(5-6-16(11)18)20-17-7-4-14(8-12(17)2)10-13(3)19/h4-9,13H,10,19H2,1-3H3. The molecule has 1 unspecified atom stereocenters. The summed E-state index contributed by atoms with van der Waals surface area (Å²) in [6.07, 6.45) is 0.844. The lowest BCUT2D eigenvalue weighted by Crippen LogP contribution is -2.17. The molecule has 0 aromatic heterocycles. The smallest absolute Gasteiger partial charge is 0.130 e. The molecule has 0 radical (unpaired) electrons. The van der Waals surface area contributed by atoms with E-state index in [1.54, 1.807) is 19.1 Å². The van der Waals surface area contributed by atoms with Crippen molar-refractivity contribution in [2.45, 2.75) is 33.2 Å². The summed E-state index contributed by atoms with van der Waals surface area (Å²) in [5.74, 6) is 1.21. The van der Waals surface area contributed by atoms with Gasteiger partial charge in [-0.05, 0) is 68.1 Å². The van der Waals surface area contributed by atoms with Gasteiger partial charge in [0.1, 0.15) is 17.3 Å². The molecule has 3 heteroatoms. The fourth-order valence-corrected chi connectivity index (χ4v) is 2.13. The molecule has 0 spiro atoms. The highest BCUT2D eigenvalue weighted by atomic mass is 19.1. The van der Waals surface area contributed by atoms with Crippen molar-refractivity contribution in [2.24, 2.45) is 5.73 Å². The molecule has 0 aliphatic heterocycles. The van der Waals surface area contributed by atoms with Crippen molar-refractivity contribution in [2.75, 3.05) is 0 Å². The second kappa shape index (κ2) is 6.06. The van der Waals surface area contributed by atoms with Gasteiger partial charge in [-0.2, -0.15) is 0 Å². The maximum atomic E-state index is 13.2. The maximum absolute atomic E-state index is 13.2. The zero-order valence-electron chi connectivity index (χ0n) is 12.1. The van der Waals surface area contributed by atoms with Crippen LogP contribution in [-0.4, -0.2) is 6.04 Å². The Bertz CT molecular complexity index is 608. The number of nitrogens with two attached hydrogens (primary N) is 1. The summed E-state index contributed by atoms with van der Waals surface area (Å²) in [6, 6.07) is 10.9. The first-order chi connectivity index (χ1) is 9.45. The van der Waals surface area contributed by atoms with Gasteiger partial charge >= 0.3 is 0 Å². The molecule has 2 rings (SSSR count). The summed E-state index contributed by atoms with van der Waals surface area (Å²) in [7, 11) is 0. The van der Waals surface area contributed by atoms with Gasteiger partial charge in [0.25, 0.3) is 0 Å². The highest BCUT2D eigenvalue weighted by Crippen LogP contribution is 2.27. The summed E-state index contributed by atoms with van der Waals surface area (Å²) in [5.41, 5.74) is 8.62. The molecule has 0 fully saturated rings. The Morgan fingerprint density at radius 2 is 1.85 bits per heavy atom.